The van der Waals surface area contributed by atoms with Crippen molar-refractivity contribution in [2.45, 2.75) is 0 Å². The van der Waals surface area contributed by atoms with Crippen LogP contribution < -0.4 is 5.73 Å². The summed E-state index contributed by atoms with van der Waals surface area (Å²) in [6, 6.07) is 15.1. The molecule has 4 heteroatoms. The van der Waals surface area contributed by atoms with Crippen molar-refractivity contribution in [2.24, 2.45) is 0 Å². The van der Waals surface area contributed by atoms with E-state index in [1.54, 1.807) is 12.1 Å². The molecule has 2 aromatic carbocycles. The highest BCUT2D eigenvalue weighted by atomic mass is 16.4. The van der Waals surface area contributed by atoms with Gasteiger partial charge in [0.15, 0.2) is 0 Å². The topological polar surface area (TPSA) is 76.5 Å². The quantitative estimate of drug-likeness (QED) is 0.734. The lowest BCUT2D eigenvalue weighted by Gasteiger charge is -2.01. The number of carbonyl (C=O) groups is 1. The summed E-state index contributed by atoms with van der Waals surface area (Å²) < 4.78 is 5.25. The Balaban J connectivity index is 2.25. The second-order valence-electron chi connectivity index (χ2n) is 4.22. The predicted molar refractivity (Wildman–Crippen MR) is 73.0 cm³/mol. The summed E-state index contributed by atoms with van der Waals surface area (Å²) in [5.74, 6) is -1.14. The molecule has 3 N–H and O–H groups in total. The number of fused-ring (bicyclic) bond motifs is 1. The van der Waals surface area contributed by atoms with Gasteiger partial charge in [0.2, 0.25) is 5.88 Å². The van der Waals surface area contributed by atoms with Crippen LogP contribution in [0.15, 0.2) is 52.9 Å². The molecule has 0 bridgehead atoms. The molecule has 0 fully saturated rings. The van der Waals surface area contributed by atoms with E-state index >= 15 is 0 Å². The number of rotatable bonds is 2. The summed E-state index contributed by atoms with van der Waals surface area (Å²) in [4.78, 5) is 11.2. The Bertz CT molecular complexity index is 760. The van der Waals surface area contributed by atoms with Crippen LogP contribution in [0.4, 0.5) is 5.88 Å². The molecule has 0 unspecified atom stereocenters. The Morgan fingerprint density at radius 1 is 1.05 bits per heavy atom. The van der Waals surface area contributed by atoms with E-state index < -0.39 is 5.97 Å². The fraction of sp³-hybridized carbons (Fsp3) is 0. The van der Waals surface area contributed by atoms with E-state index in [0.29, 0.717) is 11.0 Å². The third-order valence-electron chi connectivity index (χ3n) is 3.04. The number of carboxylic acids is 1. The van der Waals surface area contributed by atoms with E-state index in [0.717, 1.165) is 11.1 Å². The van der Waals surface area contributed by atoms with Crippen molar-refractivity contribution in [1.29, 1.82) is 0 Å². The van der Waals surface area contributed by atoms with Gasteiger partial charge in [-0.1, -0.05) is 36.4 Å². The van der Waals surface area contributed by atoms with E-state index in [9.17, 15) is 9.90 Å². The van der Waals surface area contributed by atoms with Gasteiger partial charge in [-0.2, -0.15) is 0 Å². The summed E-state index contributed by atoms with van der Waals surface area (Å²) >= 11 is 0. The predicted octanol–water partition coefficient (Wildman–Crippen LogP) is 3.38. The third-order valence-corrected chi connectivity index (χ3v) is 3.04. The van der Waals surface area contributed by atoms with Gasteiger partial charge in [0.05, 0.1) is 0 Å². The van der Waals surface area contributed by atoms with Crippen molar-refractivity contribution in [3.8, 4) is 11.1 Å². The molecule has 3 rings (SSSR count). The minimum atomic E-state index is -1.08. The molecule has 0 spiro atoms. The Labute approximate surface area is 109 Å². The van der Waals surface area contributed by atoms with Gasteiger partial charge >= 0.3 is 5.97 Å². The van der Waals surface area contributed by atoms with Crippen molar-refractivity contribution >= 4 is 22.8 Å². The fourth-order valence-electron chi connectivity index (χ4n) is 2.15. The van der Waals surface area contributed by atoms with Crippen LogP contribution in [0.25, 0.3) is 22.1 Å². The van der Waals surface area contributed by atoms with Crippen molar-refractivity contribution in [3.05, 3.63) is 54.1 Å². The number of benzene rings is 2. The molecule has 0 radical (unpaired) electrons. The molecule has 0 amide bonds. The van der Waals surface area contributed by atoms with Gasteiger partial charge in [0, 0.05) is 5.39 Å². The zero-order chi connectivity index (χ0) is 13.4. The van der Waals surface area contributed by atoms with Crippen LogP contribution in [-0.2, 0) is 0 Å². The Morgan fingerprint density at radius 3 is 2.47 bits per heavy atom. The number of nitrogens with two attached hydrogens (primary N) is 1. The first kappa shape index (κ1) is 11.3. The van der Waals surface area contributed by atoms with Crippen molar-refractivity contribution in [3.63, 3.8) is 0 Å². The molecule has 1 heterocycles. The molecule has 1 aromatic heterocycles. The van der Waals surface area contributed by atoms with Crippen molar-refractivity contribution in [1.82, 2.24) is 0 Å². The van der Waals surface area contributed by atoms with E-state index in [-0.39, 0.29) is 11.4 Å². The molecule has 0 aliphatic rings. The highest BCUT2D eigenvalue weighted by molar-refractivity contribution is 6.07. The van der Waals surface area contributed by atoms with Crippen molar-refractivity contribution in [2.75, 3.05) is 5.73 Å². The molecule has 0 aliphatic carbocycles. The van der Waals surface area contributed by atoms with E-state index in [2.05, 4.69) is 0 Å². The first-order valence-electron chi connectivity index (χ1n) is 5.77. The summed E-state index contributed by atoms with van der Waals surface area (Å²) in [5.41, 5.74) is 8.04. The number of anilines is 1. The first-order valence-corrected chi connectivity index (χ1v) is 5.77. The van der Waals surface area contributed by atoms with Crippen LogP contribution in [0.2, 0.25) is 0 Å². The van der Waals surface area contributed by atoms with Gasteiger partial charge in [-0.3, -0.25) is 0 Å². The largest absolute Gasteiger partial charge is 0.477 e. The van der Waals surface area contributed by atoms with E-state index in [1.165, 1.54) is 0 Å². The van der Waals surface area contributed by atoms with Crippen LogP contribution in [0.3, 0.4) is 0 Å². The minimum absolute atomic E-state index is 0.0211. The summed E-state index contributed by atoms with van der Waals surface area (Å²) in [5, 5.41) is 9.69. The Morgan fingerprint density at radius 2 is 1.79 bits per heavy atom. The molecule has 0 atom stereocenters. The molecule has 3 aromatic rings. The average Bonchev–Trinajstić information content (AvgIpc) is 2.74. The highest BCUT2D eigenvalue weighted by Gasteiger charge is 2.18. The zero-order valence-electron chi connectivity index (χ0n) is 9.96. The summed E-state index contributed by atoms with van der Waals surface area (Å²) in [6.07, 6.45) is 0. The van der Waals surface area contributed by atoms with Gasteiger partial charge in [0.1, 0.15) is 11.1 Å². The Hall–Kier alpha value is -2.75. The molecular weight excluding hydrogens is 242 g/mol. The molecule has 19 heavy (non-hydrogen) atoms. The van der Waals surface area contributed by atoms with E-state index in [4.69, 9.17) is 10.2 Å². The molecule has 0 aliphatic heterocycles. The molecule has 94 valence electrons. The maximum Gasteiger partial charge on any atom is 0.341 e. The monoisotopic (exact) mass is 253 g/mol. The van der Waals surface area contributed by atoms with Crippen LogP contribution in [-0.4, -0.2) is 11.1 Å². The van der Waals surface area contributed by atoms with Gasteiger partial charge in [-0.15, -0.1) is 0 Å². The van der Waals surface area contributed by atoms with Crippen LogP contribution >= 0.6 is 0 Å². The summed E-state index contributed by atoms with van der Waals surface area (Å²) in [6.45, 7) is 0. The second kappa shape index (κ2) is 4.17. The normalized spacial score (nSPS) is 10.7. The number of hydrogen-bond acceptors (Lipinski definition) is 3. The molecule has 0 saturated carbocycles. The standard InChI is InChI=1S/C15H11NO3/c16-14-13(15(17)18)11-8-10(6-7-12(11)19-14)9-4-2-1-3-5-9/h1-8H,16H2,(H,17,18). The van der Waals surface area contributed by atoms with E-state index in [1.807, 2.05) is 36.4 Å². The van der Waals surface area contributed by atoms with Crippen molar-refractivity contribution < 1.29 is 14.3 Å². The zero-order valence-corrected chi connectivity index (χ0v) is 9.96. The number of furan rings is 1. The first-order chi connectivity index (χ1) is 9.16. The minimum Gasteiger partial charge on any atom is -0.477 e. The highest BCUT2D eigenvalue weighted by Crippen LogP contribution is 2.31. The summed E-state index contributed by atoms with van der Waals surface area (Å²) in [7, 11) is 0. The molecule has 4 nitrogen and oxygen atoms in total. The number of nitrogen functional groups attached to an aromatic ring is 1. The van der Waals surface area contributed by atoms with Crippen LogP contribution in [0, 0.1) is 0 Å². The number of carboxylic acid groups (broad SMARTS) is 1. The van der Waals surface area contributed by atoms with Gasteiger partial charge in [-0.25, -0.2) is 4.79 Å². The molecule has 0 saturated heterocycles. The number of aromatic carboxylic acids is 1. The van der Waals surface area contributed by atoms with Gasteiger partial charge in [0.25, 0.3) is 0 Å². The lowest BCUT2D eigenvalue weighted by Crippen LogP contribution is -1.98. The lowest BCUT2D eigenvalue weighted by atomic mass is 10.0. The second-order valence-corrected chi connectivity index (χ2v) is 4.22. The maximum absolute atomic E-state index is 11.2. The van der Waals surface area contributed by atoms with Crippen LogP contribution in [0.1, 0.15) is 10.4 Å². The smallest absolute Gasteiger partial charge is 0.341 e. The SMILES string of the molecule is Nc1oc2ccc(-c3ccccc3)cc2c1C(=O)O. The number of hydrogen-bond donors (Lipinski definition) is 2. The van der Waals surface area contributed by atoms with Gasteiger partial charge in [-0.05, 0) is 23.3 Å². The Kier molecular flexibility index (Phi) is 2.49. The average molecular weight is 253 g/mol. The van der Waals surface area contributed by atoms with Crippen LogP contribution in [0.5, 0.6) is 0 Å². The third kappa shape index (κ3) is 1.83. The lowest BCUT2D eigenvalue weighted by molar-refractivity contribution is 0.0699. The van der Waals surface area contributed by atoms with Gasteiger partial charge < -0.3 is 15.3 Å². The fourth-order valence-corrected chi connectivity index (χ4v) is 2.15. The molecular formula is C15H11NO3. The maximum atomic E-state index is 11.2.